The smallest absolute Gasteiger partial charge is 0.350 e. The highest BCUT2D eigenvalue weighted by Gasteiger charge is 2.20. The van der Waals surface area contributed by atoms with Gasteiger partial charge in [-0.05, 0) is 24.3 Å². The third-order valence-corrected chi connectivity index (χ3v) is 5.67. The fourth-order valence-electron chi connectivity index (χ4n) is 2.46. The summed E-state index contributed by atoms with van der Waals surface area (Å²) in [4.78, 5) is 24.7. The van der Waals surface area contributed by atoms with E-state index in [1.54, 1.807) is 36.4 Å². The van der Waals surface area contributed by atoms with Gasteiger partial charge in [-0.15, -0.1) is 11.3 Å². The van der Waals surface area contributed by atoms with E-state index in [-0.39, 0.29) is 9.90 Å². The van der Waals surface area contributed by atoms with Crippen LogP contribution >= 0.6 is 34.5 Å². The molecule has 0 saturated heterocycles. The topological polar surface area (TPSA) is 73.9 Å². The monoisotopic (exact) mass is 439 g/mol. The van der Waals surface area contributed by atoms with E-state index in [0.717, 1.165) is 16.0 Å². The summed E-state index contributed by atoms with van der Waals surface area (Å²) in [7, 11) is 3.00. The molecule has 0 fully saturated rings. The number of nitrogens with one attached hydrogen (secondary N) is 1. The summed E-state index contributed by atoms with van der Waals surface area (Å²) >= 11 is 13.4. The van der Waals surface area contributed by atoms with Crippen LogP contribution in [0.1, 0.15) is 9.67 Å². The van der Waals surface area contributed by atoms with Gasteiger partial charge in [-0.25, -0.2) is 4.79 Å². The molecule has 0 aliphatic carbocycles. The number of halogens is 2. The molecule has 1 N–H and O–H groups in total. The second kappa shape index (κ2) is 8.68. The van der Waals surface area contributed by atoms with Gasteiger partial charge < -0.3 is 19.5 Å². The van der Waals surface area contributed by atoms with Crippen LogP contribution in [0.25, 0.3) is 10.1 Å². The van der Waals surface area contributed by atoms with Gasteiger partial charge in [0, 0.05) is 21.2 Å². The van der Waals surface area contributed by atoms with Crippen molar-refractivity contribution in [2.75, 3.05) is 26.1 Å². The van der Waals surface area contributed by atoms with Crippen LogP contribution in [-0.2, 0) is 9.53 Å². The minimum absolute atomic E-state index is 0.216. The highest BCUT2D eigenvalue weighted by atomic mass is 35.5. The van der Waals surface area contributed by atoms with Crippen molar-refractivity contribution in [3.05, 3.63) is 51.3 Å². The van der Waals surface area contributed by atoms with Gasteiger partial charge in [0.05, 0.1) is 24.9 Å². The molecule has 28 heavy (non-hydrogen) atoms. The molecular weight excluding hydrogens is 425 g/mol. The number of fused-ring (bicyclic) bond motifs is 1. The molecule has 3 aromatic rings. The summed E-state index contributed by atoms with van der Waals surface area (Å²) in [5, 5.41) is 4.15. The molecule has 2 aromatic carbocycles. The van der Waals surface area contributed by atoms with Crippen LogP contribution in [0, 0.1) is 0 Å². The Kier molecular flexibility index (Phi) is 6.28. The zero-order chi connectivity index (χ0) is 20.3. The normalized spacial score (nSPS) is 10.6. The van der Waals surface area contributed by atoms with Gasteiger partial charge in [0.25, 0.3) is 5.91 Å². The number of thiophene rings is 1. The number of methoxy groups -OCH3 is 2. The van der Waals surface area contributed by atoms with E-state index in [9.17, 15) is 9.59 Å². The zero-order valence-corrected chi connectivity index (χ0v) is 17.2. The molecule has 0 unspecified atom stereocenters. The molecular formula is C19H15Cl2NO5S. The van der Waals surface area contributed by atoms with E-state index in [0.29, 0.717) is 27.6 Å². The van der Waals surface area contributed by atoms with Crippen LogP contribution < -0.4 is 14.8 Å². The Morgan fingerprint density at radius 3 is 2.57 bits per heavy atom. The fraction of sp³-hybridized carbons (Fsp3) is 0.158. The summed E-state index contributed by atoms with van der Waals surface area (Å²) in [6.07, 6.45) is 0. The SMILES string of the molecule is COc1ccc(NC(=O)COC(=O)c2sc3cc(Cl)ccc3c2Cl)c(OC)c1. The lowest BCUT2D eigenvalue weighted by Crippen LogP contribution is -2.21. The highest BCUT2D eigenvalue weighted by Crippen LogP contribution is 2.37. The largest absolute Gasteiger partial charge is 0.497 e. The first-order chi connectivity index (χ1) is 13.4. The maximum absolute atomic E-state index is 12.3. The number of rotatable bonds is 6. The van der Waals surface area contributed by atoms with Gasteiger partial charge in [0.1, 0.15) is 16.4 Å². The number of carbonyl (C=O) groups is 2. The second-order valence-electron chi connectivity index (χ2n) is 5.58. The Morgan fingerprint density at radius 1 is 1.07 bits per heavy atom. The Labute approximate surface area is 174 Å². The molecule has 0 saturated carbocycles. The summed E-state index contributed by atoms with van der Waals surface area (Å²) in [6, 6.07) is 10.1. The molecule has 0 aliphatic rings. The lowest BCUT2D eigenvalue weighted by atomic mass is 10.2. The molecule has 0 spiro atoms. The van der Waals surface area contributed by atoms with Gasteiger partial charge in [-0.1, -0.05) is 29.3 Å². The molecule has 0 radical (unpaired) electrons. The molecule has 0 aliphatic heterocycles. The van der Waals surface area contributed by atoms with Crippen LogP contribution in [-0.4, -0.2) is 32.7 Å². The number of hydrogen-bond acceptors (Lipinski definition) is 6. The molecule has 9 heteroatoms. The molecule has 1 heterocycles. The number of amides is 1. The molecule has 146 valence electrons. The molecule has 6 nitrogen and oxygen atoms in total. The number of benzene rings is 2. The van der Waals surface area contributed by atoms with E-state index in [4.69, 9.17) is 37.4 Å². The predicted molar refractivity (Wildman–Crippen MR) is 110 cm³/mol. The van der Waals surface area contributed by atoms with Crippen LogP contribution in [0.3, 0.4) is 0 Å². The van der Waals surface area contributed by atoms with Crippen molar-refractivity contribution in [2.45, 2.75) is 0 Å². The van der Waals surface area contributed by atoms with Crippen LogP contribution in [0.15, 0.2) is 36.4 Å². The van der Waals surface area contributed by atoms with Gasteiger partial charge >= 0.3 is 5.97 Å². The molecule has 1 aromatic heterocycles. The number of anilines is 1. The number of ether oxygens (including phenoxy) is 3. The van der Waals surface area contributed by atoms with Crippen LogP contribution in [0.4, 0.5) is 5.69 Å². The van der Waals surface area contributed by atoms with Crippen molar-refractivity contribution in [3.8, 4) is 11.5 Å². The van der Waals surface area contributed by atoms with E-state index < -0.39 is 18.5 Å². The highest BCUT2D eigenvalue weighted by molar-refractivity contribution is 7.21. The van der Waals surface area contributed by atoms with Crippen molar-refractivity contribution in [2.24, 2.45) is 0 Å². The summed E-state index contributed by atoms with van der Waals surface area (Å²) in [6.45, 7) is -0.473. The first-order valence-electron chi connectivity index (χ1n) is 7.99. The number of esters is 1. The number of hydrogen-bond donors (Lipinski definition) is 1. The maximum Gasteiger partial charge on any atom is 0.350 e. The predicted octanol–water partition coefficient (Wildman–Crippen LogP) is 5.02. The molecule has 3 rings (SSSR count). The Balaban J connectivity index is 1.66. The van der Waals surface area contributed by atoms with Crippen molar-refractivity contribution in [1.29, 1.82) is 0 Å². The van der Waals surface area contributed by atoms with Gasteiger partial charge in [0.2, 0.25) is 0 Å². The van der Waals surface area contributed by atoms with Crippen molar-refractivity contribution in [1.82, 2.24) is 0 Å². The van der Waals surface area contributed by atoms with Crippen molar-refractivity contribution >= 4 is 62.2 Å². The summed E-state index contributed by atoms with van der Waals surface area (Å²) in [5.74, 6) is -0.194. The Hall–Kier alpha value is -2.48. The van der Waals surface area contributed by atoms with Crippen molar-refractivity contribution < 1.29 is 23.8 Å². The quantitative estimate of drug-likeness (QED) is 0.545. The van der Waals surface area contributed by atoms with E-state index >= 15 is 0 Å². The van der Waals surface area contributed by atoms with E-state index in [2.05, 4.69) is 5.32 Å². The van der Waals surface area contributed by atoms with E-state index in [1.807, 2.05) is 0 Å². The lowest BCUT2D eigenvalue weighted by Gasteiger charge is -2.11. The van der Waals surface area contributed by atoms with Gasteiger partial charge in [-0.3, -0.25) is 4.79 Å². The zero-order valence-electron chi connectivity index (χ0n) is 14.9. The standard InChI is InChI=1S/C19H15Cl2NO5S/c1-25-11-4-6-13(14(8-11)26-2)22-16(23)9-27-19(24)18-17(21)12-5-3-10(20)7-15(12)28-18/h3-8H,9H2,1-2H3,(H,22,23). The van der Waals surface area contributed by atoms with Crippen LogP contribution in [0.5, 0.6) is 11.5 Å². The van der Waals surface area contributed by atoms with Gasteiger partial charge in [0.15, 0.2) is 6.61 Å². The average Bonchev–Trinajstić information content (AvgIpc) is 3.02. The molecule has 0 atom stereocenters. The number of carbonyl (C=O) groups excluding carboxylic acids is 2. The first-order valence-corrected chi connectivity index (χ1v) is 9.56. The van der Waals surface area contributed by atoms with Crippen LogP contribution in [0.2, 0.25) is 10.0 Å². The van der Waals surface area contributed by atoms with Crippen molar-refractivity contribution in [3.63, 3.8) is 0 Å². The Bertz CT molecular complexity index is 1050. The Morgan fingerprint density at radius 2 is 1.86 bits per heavy atom. The maximum atomic E-state index is 12.3. The van der Waals surface area contributed by atoms with E-state index in [1.165, 1.54) is 14.2 Å². The third kappa shape index (κ3) is 4.32. The fourth-order valence-corrected chi connectivity index (χ4v) is 4.13. The third-order valence-electron chi connectivity index (χ3n) is 3.79. The summed E-state index contributed by atoms with van der Waals surface area (Å²) in [5.41, 5.74) is 0.430. The first kappa shape index (κ1) is 20.3. The lowest BCUT2D eigenvalue weighted by molar-refractivity contribution is -0.119. The molecule has 0 bridgehead atoms. The van der Waals surface area contributed by atoms with Gasteiger partial charge in [-0.2, -0.15) is 0 Å². The molecule has 1 amide bonds. The average molecular weight is 440 g/mol. The summed E-state index contributed by atoms with van der Waals surface area (Å²) < 4.78 is 16.2. The second-order valence-corrected chi connectivity index (χ2v) is 7.44. The minimum atomic E-state index is -0.681. The minimum Gasteiger partial charge on any atom is -0.497 e.